The van der Waals surface area contributed by atoms with Gasteiger partial charge in [0.2, 0.25) is 0 Å². The van der Waals surface area contributed by atoms with Crippen molar-refractivity contribution in [2.45, 2.75) is 90.8 Å². The highest BCUT2D eigenvalue weighted by Crippen LogP contribution is 2.67. The highest BCUT2D eigenvalue weighted by Gasteiger charge is 2.68. The average molecular weight is 479 g/mol. The van der Waals surface area contributed by atoms with Gasteiger partial charge in [-0.05, 0) is 67.8 Å². The number of aliphatic hydroxyl groups excluding tert-OH is 2. The van der Waals surface area contributed by atoms with E-state index in [1.807, 2.05) is 6.92 Å². The fraction of sp³-hybridized carbons (Fsp3) is 0.769. The molecule has 7 atom stereocenters. The van der Waals surface area contributed by atoms with Crippen molar-refractivity contribution in [2.75, 3.05) is 6.61 Å². The maximum absolute atomic E-state index is 12.4. The van der Waals surface area contributed by atoms with Crippen LogP contribution in [0.2, 0.25) is 0 Å². The Bertz CT molecular complexity index is 893. The maximum atomic E-state index is 12.4. The van der Waals surface area contributed by atoms with Crippen molar-refractivity contribution in [3.63, 3.8) is 0 Å². The van der Waals surface area contributed by atoms with Gasteiger partial charge in [0, 0.05) is 25.2 Å². The second-order valence-corrected chi connectivity index (χ2v) is 10.9. The van der Waals surface area contributed by atoms with Crippen LogP contribution in [0.25, 0.3) is 0 Å². The number of fused-ring (bicyclic) bond motifs is 5. The minimum absolute atomic E-state index is 0.0697. The molecule has 8 nitrogen and oxygen atoms in total. The molecule has 0 aromatic rings. The van der Waals surface area contributed by atoms with Crippen LogP contribution in [0.1, 0.15) is 79.1 Å². The van der Waals surface area contributed by atoms with Crippen molar-refractivity contribution < 1.29 is 39.2 Å². The summed E-state index contributed by atoms with van der Waals surface area (Å²) in [7, 11) is 0. The summed E-state index contributed by atoms with van der Waals surface area (Å²) >= 11 is 0. The molecular weight excluding hydrogens is 440 g/mol. The third-order valence-corrected chi connectivity index (χ3v) is 9.20. The fourth-order valence-corrected chi connectivity index (χ4v) is 7.51. The van der Waals surface area contributed by atoms with Gasteiger partial charge >= 0.3 is 11.9 Å². The van der Waals surface area contributed by atoms with E-state index in [0.717, 1.165) is 25.7 Å². The Kier molecular flexibility index (Phi) is 7.56. The molecule has 0 aliphatic heterocycles. The maximum Gasteiger partial charge on any atom is 0.313 e. The number of ether oxygens (including phenoxy) is 1. The van der Waals surface area contributed by atoms with E-state index in [1.54, 1.807) is 13.0 Å². The summed E-state index contributed by atoms with van der Waals surface area (Å²) in [5.74, 6) is -0.879. The van der Waals surface area contributed by atoms with Gasteiger partial charge in [-0.2, -0.15) is 0 Å². The first-order chi connectivity index (χ1) is 15.8. The number of ketones is 2. The van der Waals surface area contributed by atoms with E-state index in [2.05, 4.69) is 11.7 Å². The molecule has 3 N–H and O–H groups in total. The smallest absolute Gasteiger partial charge is 0.313 e. The Morgan fingerprint density at radius 2 is 1.82 bits per heavy atom. The molecule has 0 spiro atoms. The van der Waals surface area contributed by atoms with Gasteiger partial charge in [0.25, 0.3) is 0 Å². The van der Waals surface area contributed by atoms with Crippen molar-refractivity contribution in [2.24, 2.45) is 28.6 Å². The van der Waals surface area contributed by atoms with E-state index >= 15 is 0 Å². The zero-order chi connectivity index (χ0) is 25.5. The topological polar surface area (TPSA) is 138 Å². The molecule has 4 aliphatic rings. The van der Waals surface area contributed by atoms with Crippen LogP contribution in [0.5, 0.6) is 0 Å². The van der Waals surface area contributed by atoms with E-state index in [1.165, 1.54) is 12.5 Å². The van der Waals surface area contributed by atoms with Crippen LogP contribution in [0.3, 0.4) is 0 Å². The van der Waals surface area contributed by atoms with Crippen LogP contribution < -0.4 is 0 Å². The largest absolute Gasteiger partial charge is 0.393 e. The summed E-state index contributed by atoms with van der Waals surface area (Å²) in [6, 6.07) is 0. The summed E-state index contributed by atoms with van der Waals surface area (Å²) in [5, 5.41) is 31.7. The first kappa shape index (κ1) is 26.7. The molecule has 0 unspecified atom stereocenters. The van der Waals surface area contributed by atoms with Crippen LogP contribution in [0.15, 0.2) is 11.6 Å². The van der Waals surface area contributed by atoms with Gasteiger partial charge in [-0.25, -0.2) is 0 Å². The van der Waals surface area contributed by atoms with E-state index in [4.69, 9.17) is 0 Å². The number of carbonyl (C=O) groups is 4. The Labute approximate surface area is 200 Å². The average Bonchev–Trinajstić information content (AvgIpc) is 3.04. The molecule has 0 radical (unpaired) electrons. The summed E-state index contributed by atoms with van der Waals surface area (Å²) in [5.41, 5.74) is -1.23. The zero-order valence-corrected chi connectivity index (χ0v) is 20.6. The van der Waals surface area contributed by atoms with Gasteiger partial charge in [0.1, 0.15) is 12.2 Å². The number of carbonyl (C=O) groups excluding carboxylic acids is 4. The molecule has 4 rings (SSSR count). The minimum Gasteiger partial charge on any atom is -0.393 e. The Morgan fingerprint density at radius 3 is 2.38 bits per heavy atom. The third-order valence-electron chi connectivity index (χ3n) is 9.20. The van der Waals surface area contributed by atoms with Gasteiger partial charge in [0.05, 0.1) is 6.10 Å². The Balaban J connectivity index is 0.000000350. The third kappa shape index (κ3) is 4.29. The molecule has 190 valence electrons. The van der Waals surface area contributed by atoms with Crippen LogP contribution >= 0.6 is 0 Å². The van der Waals surface area contributed by atoms with Crippen molar-refractivity contribution in [1.82, 2.24) is 0 Å². The molecule has 4 aliphatic carbocycles. The van der Waals surface area contributed by atoms with Gasteiger partial charge in [0.15, 0.2) is 11.6 Å². The van der Waals surface area contributed by atoms with Gasteiger partial charge < -0.3 is 20.1 Å². The van der Waals surface area contributed by atoms with E-state index in [0.29, 0.717) is 19.3 Å². The highest BCUT2D eigenvalue weighted by molar-refractivity contribution is 5.92. The van der Waals surface area contributed by atoms with Crippen molar-refractivity contribution in [3.8, 4) is 0 Å². The minimum atomic E-state index is -1.54. The molecule has 34 heavy (non-hydrogen) atoms. The molecule has 8 heteroatoms. The second-order valence-electron chi connectivity index (χ2n) is 10.9. The molecule has 3 saturated carbocycles. The molecule has 0 aromatic heterocycles. The number of hydrogen-bond acceptors (Lipinski definition) is 8. The standard InChI is InChI=1S/C21H30O5.C5H8O3/c1-19-7-5-13(23)9-12(19)3-4-14-15-6-8-21(26,17(25)11-22)20(15,2)10-16(24)18(14)19;1-3-5(7)8-4(2)6/h9,14-16,18,22,24,26H,3-8,10-11H2,1-2H3;3H2,1-2H3/t14-,15-,16-,18+,19-,20-,21-;/m0./s1. The molecule has 0 amide bonds. The van der Waals surface area contributed by atoms with Crippen molar-refractivity contribution in [1.29, 1.82) is 0 Å². The number of rotatable bonds is 3. The Hall–Kier alpha value is -1.90. The van der Waals surface area contributed by atoms with Crippen LogP contribution in [0.4, 0.5) is 0 Å². The summed E-state index contributed by atoms with van der Waals surface area (Å²) in [6.45, 7) is 6.29. The van der Waals surface area contributed by atoms with E-state index in [9.17, 15) is 34.5 Å². The molecule has 0 heterocycles. The van der Waals surface area contributed by atoms with Crippen molar-refractivity contribution >= 4 is 23.5 Å². The predicted molar refractivity (Wildman–Crippen MR) is 122 cm³/mol. The van der Waals surface area contributed by atoms with Gasteiger partial charge in [-0.15, -0.1) is 0 Å². The molecule has 0 saturated heterocycles. The van der Waals surface area contributed by atoms with E-state index in [-0.39, 0.29) is 35.4 Å². The van der Waals surface area contributed by atoms with Crippen LogP contribution in [0, 0.1) is 28.6 Å². The number of Topliss-reactive ketones (excluding diaryl/α,β-unsaturated/α-hetero) is 1. The monoisotopic (exact) mass is 478 g/mol. The molecule has 0 aromatic carbocycles. The van der Waals surface area contributed by atoms with E-state index < -0.39 is 41.4 Å². The summed E-state index contributed by atoms with van der Waals surface area (Å²) < 4.78 is 4.12. The normalized spacial score (nSPS) is 40.6. The highest BCUT2D eigenvalue weighted by atomic mass is 16.6. The second kappa shape index (κ2) is 9.63. The number of hydrogen-bond donors (Lipinski definition) is 3. The van der Waals surface area contributed by atoms with Crippen LogP contribution in [-0.4, -0.2) is 57.1 Å². The zero-order valence-electron chi connectivity index (χ0n) is 20.6. The SMILES string of the molecule is CCC(=O)OC(C)=O.C[C@]12CCC(=O)C=C1CC[C@@H]1[C@@H]2[C@@H](O)C[C@@]2(C)[C@H]1CC[C@]2(O)C(=O)CO. The van der Waals surface area contributed by atoms with Gasteiger partial charge in [-0.1, -0.05) is 26.3 Å². The number of aliphatic hydroxyl groups is 3. The molecule has 3 fully saturated rings. The predicted octanol–water partition coefficient (Wildman–Crippen LogP) is 2.27. The summed E-state index contributed by atoms with van der Waals surface area (Å²) in [6.07, 6.45) is 5.98. The first-order valence-electron chi connectivity index (χ1n) is 12.3. The molecular formula is C26H38O8. The lowest BCUT2D eigenvalue weighted by molar-refractivity contribution is -0.182. The van der Waals surface area contributed by atoms with Gasteiger partial charge in [-0.3, -0.25) is 19.2 Å². The van der Waals surface area contributed by atoms with Crippen LogP contribution in [-0.2, 0) is 23.9 Å². The lowest BCUT2D eigenvalue weighted by Gasteiger charge is -2.60. The first-order valence-corrected chi connectivity index (χ1v) is 12.3. The lowest BCUT2D eigenvalue weighted by atomic mass is 9.45. The fourth-order valence-electron chi connectivity index (χ4n) is 7.51. The Morgan fingerprint density at radius 1 is 1.15 bits per heavy atom. The molecule has 0 bridgehead atoms. The quantitative estimate of drug-likeness (QED) is 0.415. The van der Waals surface area contributed by atoms with Crippen molar-refractivity contribution in [3.05, 3.63) is 11.6 Å². The number of esters is 2. The number of allylic oxidation sites excluding steroid dienone is 1. The lowest BCUT2D eigenvalue weighted by Crippen LogP contribution is -2.62. The summed E-state index contributed by atoms with van der Waals surface area (Å²) in [4.78, 5) is 44.4.